The molecule has 138 valence electrons. The third-order valence-electron chi connectivity index (χ3n) is 3.81. The first-order valence-corrected chi connectivity index (χ1v) is 8.35. The zero-order valence-corrected chi connectivity index (χ0v) is 14.8. The lowest BCUT2D eigenvalue weighted by Crippen LogP contribution is -2.23. The Morgan fingerprint density at radius 1 is 0.852 bits per heavy atom. The Balaban J connectivity index is 1.44. The minimum absolute atomic E-state index is 0.282. The number of nitrogens with one attached hydrogen (secondary N) is 1. The summed E-state index contributed by atoms with van der Waals surface area (Å²) in [4.78, 5) is 23.7. The fourth-order valence-corrected chi connectivity index (χ4v) is 2.47. The van der Waals surface area contributed by atoms with Gasteiger partial charge in [-0.3, -0.25) is 4.79 Å². The number of carbonyl (C=O) groups is 2. The number of carbonyl (C=O) groups excluding carboxylic acids is 2. The van der Waals surface area contributed by atoms with Gasteiger partial charge >= 0.3 is 5.97 Å². The summed E-state index contributed by atoms with van der Waals surface area (Å²) in [6.07, 6.45) is 0. The van der Waals surface area contributed by atoms with Crippen molar-refractivity contribution in [3.63, 3.8) is 0 Å². The molecule has 0 saturated heterocycles. The number of ether oxygens (including phenoxy) is 3. The molecule has 0 aliphatic rings. The standard InChI is InChI=1S/C21H19NO5/c1-25-18-8-10-19(11-9-18)26-14-21(24)27-13-20(23)22-17-7-6-15-4-2-3-5-16(15)12-17/h2-12H,13-14H2,1H3,(H,22,23). The topological polar surface area (TPSA) is 73.9 Å². The Labute approximate surface area is 156 Å². The van der Waals surface area contributed by atoms with E-state index in [1.807, 2.05) is 36.4 Å². The molecule has 6 heteroatoms. The molecule has 3 aromatic rings. The van der Waals surface area contributed by atoms with Crippen LogP contribution in [-0.4, -0.2) is 32.2 Å². The fraction of sp³-hybridized carbons (Fsp3) is 0.143. The van der Waals surface area contributed by atoms with Gasteiger partial charge in [-0.05, 0) is 47.2 Å². The van der Waals surface area contributed by atoms with Gasteiger partial charge in [0.25, 0.3) is 5.91 Å². The van der Waals surface area contributed by atoms with E-state index in [0.29, 0.717) is 17.2 Å². The average Bonchev–Trinajstić information content (AvgIpc) is 2.71. The maximum atomic E-state index is 12.0. The number of hydrogen-bond donors (Lipinski definition) is 1. The molecular weight excluding hydrogens is 346 g/mol. The van der Waals surface area contributed by atoms with E-state index < -0.39 is 11.9 Å². The summed E-state index contributed by atoms with van der Waals surface area (Å²) in [7, 11) is 1.57. The molecule has 1 amide bonds. The number of methoxy groups -OCH3 is 1. The molecule has 0 aromatic heterocycles. The van der Waals surface area contributed by atoms with Crippen LogP contribution in [0.4, 0.5) is 5.69 Å². The fourth-order valence-electron chi connectivity index (χ4n) is 2.47. The number of anilines is 1. The maximum absolute atomic E-state index is 12.0. The molecule has 3 aromatic carbocycles. The van der Waals surface area contributed by atoms with Crippen molar-refractivity contribution in [1.82, 2.24) is 0 Å². The normalized spacial score (nSPS) is 10.3. The van der Waals surface area contributed by atoms with Crippen LogP contribution in [0.5, 0.6) is 11.5 Å². The van der Waals surface area contributed by atoms with Crippen molar-refractivity contribution < 1.29 is 23.8 Å². The second-order valence-corrected chi connectivity index (χ2v) is 5.73. The molecular formula is C21H19NO5. The zero-order valence-electron chi connectivity index (χ0n) is 14.8. The smallest absolute Gasteiger partial charge is 0.344 e. The van der Waals surface area contributed by atoms with Crippen LogP contribution >= 0.6 is 0 Å². The molecule has 0 aliphatic heterocycles. The summed E-state index contributed by atoms with van der Waals surface area (Å²) in [5.74, 6) is 0.159. The molecule has 0 spiro atoms. The van der Waals surface area contributed by atoms with Gasteiger partial charge in [0.2, 0.25) is 0 Å². The largest absolute Gasteiger partial charge is 0.497 e. The molecule has 0 atom stereocenters. The van der Waals surface area contributed by atoms with Crippen molar-refractivity contribution in [2.45, 2.75) is 0 Å². The molecule has 0 bridgehead atoms. The molecule has 27 heavy (non-hydrogen) atoms. The lowest BCUT2D eigenvalue weighted by atomic mass is 10.1. The van der Waals surface area contributed by atoms with Gasteiger partial charge in [0.05, 0.1) is 7.11 Å². The van der Waals surface area contributed by atoms with Gasteiger partial charge < -0.3 is 19.5 Å². The summed E-state index contributed by atoms with van der Waals surface area (Å²) in [6.45, 7) is -0.660. The molecule has 0 unspecified atom stereocenters. The zero-order chi connectivity index (χ0) is 19.1. The molecule has 0 radical (unpaired) electrons. The van der Waals surface area contributed by atoms with Gasteiger partial charge in [0, 0.05) is 5.69 Å². The predicted molar refractivity (Wildman–Crippen MR) is 102 cm³/mol. The summed E-state index contributed by atoms with van der Waals surface area (Å²) in [6, 6.07) is 20.2. The number of amides is 1. The minimum Gasteiger partial charge on any atom is -0.497 e. The SMILES string of the molecule is COc1ccc(OCC(=O)OCC(=O)Nc2ccc3ccccc3c2)cc1. The summed E-state index contributed by atoms with van der Waals surface area (Å²) >= 11 is 0. The summed E-state index contributed by atoms with van der Waals surface area (Å²) in [5.41, 5.74) is 0.643. The van der Waals surface area contributed by atoms with Crippen LogP contribution in [0, 0.1) is 0 Å². The van der Waals surface area contributed by atoms with Crippen molar-refractivity contribution in [3.8, 4) is 11.5 Å². The van der Waals surface area contributed by atoms with Crippen LogP contribution in [-0.2, 0) is 14.3 Å². The van der Waals surface area contributed by atoms with E-state index >= 15 is 0 Å². The van der Waals surface area contributed by atoms with Gasteiger partial charge in [-0.15, -0.1) is 0 Å². The first-order chi connectivity index (χ1) is 13.1. The third kappa shape index (κ3) is 5.22. The highest BCUT2D eigenvalue weighted by atomic mass is 16.6. The number of esters is 1. The Bertz CT molecular complexity index is 937. The van der Waals surface area contributed by atoms with Gasteiger partial charge in [0.15, 0.2) is 13.2 Å². The quantitative estimate of drug-likeness (QED) is 0.650. The Morgan fingerprint density at radius 2 is 1.56 bits per heavy atom. The second kappa shape index (κ2) is 8.71. The minimum atomic E-state index is -0.625. The first-order valence-electron chi connectivity index (χ1n) is 8.35. The predicted octanol–water partition coefficient (Wildman–Crippen LogP) is 3.41. The summed E-state index contributed by atoms with van der Waals surface area (Å²) in [5, 5.41) is 4.80. The van der Waals surface area contributed by atoms with Crippen LogP contribution in [0.25, 0.3) is 10.8 Å². The lowest BCUT2D eigenvalue weighted by molar-refractivity contribution is -0.149. The third-order valence-corrected chi connectivity index (χ3v) is 3.81. The molecule has 1 N–H and O–H groups in total. The Kier molecular flexibility index (Phi) is 5.89. The lowest BCUT2D eigenvalue weighted by Gasteiger charge is -2.09. The highest BCUT2D eigenvalue weighted by Crippen LogP contribution is 2.19. The Hall–Kier alpha value is -3.54. The number of rotatable bonds is 7. The Morgan fingerprint density at radius 3 is 2.30 bits per heavy atom. The van der Waals surface area contributed by atoms with E-state index in [1.54, 1.807) is 37.4 Å². The average molecular weight is 365 g/mol. The highest BCUT2D eigenvalue weighted by molar-refractivity contribution is 5.95. The van der Waals surface area contributed by atoms with E-state index in [1.165, 1.54) is 0 Å². The van der Waals surface area contributed by atoms with Crippen molar-refractivity contribution in [2.24, 2.45) is 0 Å². The monoisotopic (exact) mass is 365 g/mol. The summed E-state index contributed by atoms with van der Waals surface area (Å²) < 4.78 is 15.3. The molecule has 0 fully saturated rings. The van der Waals surface area contributed by atoms with Crippen molar-refractivity contribution in [1.29, 1.82) is 0 Å². The van der Waals surface area contributed by atoms with Crippen molar-refractivity contribution in [3.05, 3.63) is 66.7 Å². The van der Waals surface area contributed by atoms with E-state index in [2.05, 4.69) is 5.32 Å². The van der Waals surface area contributed by atoms with Gasteiger partial charge in [0.1, 0.15) is 11.5 Å². The highest BCUT2D eigenvalue weighted by Gasteiger charge is 2.09. The first kappa shape index (κ1) is 18.3. The van der Waals surface area contributed by atoms with Crippen molar-refractivity contribution in [2.75, 3.05) is 25.6 Å². The van der Waals surface area contributed by atoms with E-state index in [4.69, 9.17) is 14.2 Å². The number of hydrogen-bond acceptors (Lipinski definition) is 5. The molecule has 0 heterocycles. The van der Waals surface area contributed by atoms with Crippen LogP contribution < -0.4 is 14.8 Å². The van der Waals surface area contributed by atoms with E-state index in [-0.39, 0.29) is 13.2 Å². The van der Waals surface area contributed by atoms with Crippen LogP contribution in [0.2, 0.25) is 0 Å². The van der Waals surface area contributed by atoms with Gasteiger partial charge in [-0.2, -0.15) is 0 Å². The van der Waals surface area contributed by atoms with E-state index in [9.17, 15) is 9.59 Å². The van der Waals surface area contributed by atoms with Crippen LogP contribution in [0.1, 0.15) is 0 Å². The second-order valence-electron chi connectivity index (χ2n) is 5.73. The molecule has 3 rings (SSSR count). The van der Waals surface area contributed by atoms with Crippen LogP contribution in [0.15, 0.2) is 66.7 Å². The van der Waals surface area contributed by atoms with Crippen LogP contribution in [0.3, 0.4) is 0 Å². The van der Waals surface area contributed by atoms with Gasteiger partial charge in [-0.25, -0.2) is 4.79 Å². The molecule has 6 nitrogen and oxygen atoms in total. The maximum Gasteiger partial charge on any atom is 0.344 e. The number of benzene rings is 3. The van der Waals surface area contributed by atoms with Crippen molar-refractivity contribution >= 4 is 28.3 Å². The number of fused-ring (bicyclic) bond motifs is 1. The molecule has 0 saturated carbocycles. The van der Waals surface area contributed by atoms with E-state index in [0.717, 1.165) is 10.8 Å². The van der Waals surface area contributed by atoms with Gasteiger partial charge in [-0.1, -0.05) is 30.3 Å². The molecule has 0 aliphatic carbocycles.